The molecule has 1 spiro atoms. The van der Waals surface area contributed by atoms with Gasteiger partial charge in [0.2, 0.25) is 0 Å². The zero-order chi connectivity index (χ0) is 20.1. The number of esters is 1. The third-order valence-electron chi connectivity index (χ3n) is 10.00. The molecule has 4 saturated carbocycles. The highest BCUT2D eigenvalue weighted by Crippen LogP contribution is 2.78. The van der Waals surface area contributed by atoms with Crippen LogP contribution in [0.3, 0.4) is 0 Å². The van der Waals surface area contributed by atoms with E-state index in [0.29, 0.717) is 18.3 Å². The summed E-state index contributed by atoms with van der Waals surface area (Å²) in [6, 6.07) is 0. The Kier molecular flexibility index (Phi) is 3.94. The number of carbonyl (C=O) groups is 1. The second kappa shape index (κ2) is 5.71. The predicted octanol–water partition coefficient (Wildman–Crippen LogP) is 1.64. The first-order valence-corrected chi connectivity index (χ1v) is 10.9. The summed E-state index contributed by atoms with van der Waals surface area (Å²) in [7, 11) is 0. The van der Waals surface area contributed by atoms with Crippen LogP contribution in [-0.4, -0.2) is 58.4 Å². The van der Waals surface area contributed by atoms with Gasteiger partial charge in [0.25, 0.3) is 0 Å². The smallest absolute Gasteiger partial charge is 0.302 e. The van der Waals surface area contributed by atoms with Crippen molar-refractivity contribution in [1.29, 1.82) is 0 Å². The molecule has 2 bridgehead atoms. The van der Waals surface area contributed by atoms with E-state index in [2.05, 4.69) is 6.92 Å². The zero-order valence-electron chi connectivity index (χ0n) is 17.2. The maximum atomic E-state index is 11.7. The molecule has 0 aromatic heterocycles. The van der Waals surface area contributed by atoms with E-state index in [9.17, 15) is 20.1 Å². The summed E-state index contributed by atoms with van der Waals surface area (Å²) in [5, 5.41) is 31.9. The molecule has 0 unspecified atom stereocenters. The number of epoxide rings is 1. The minimum absolute atomic E-state index is 0.0400. The lowest BCUT2D eigenvalue weighted by molar-refractivity contribution is -0.244. The van der Waals surface area contributed by atoms with E-state index in [0.717, 1.165) is 32.1 Å². The Labute approximate surface area is 166 Å². The van der Waals surface area contributed by atoms with Crippen molar-refractivity contribution in [3.8, 4) is 0 Å². The van der Waals surface area contributed by atoms with Crippen molar-refractivity contribution < 1.29 is 29.6 Å². The SMILES string of the molecule is CC(=O)O[C@@H]1CC[C@]2(C)[C@@H](C[C@H](O)[C@@]34C[C@@H](CC[C@H]23)[C@]2(CO)O[C@@H]24)[C@@]1(C)CO. The number of hydrogen-bond acceptors (Lipinski definition) is 6. The van der Waals surface area contributed by atoms with E-state index in [1.54, 1.807) is 0 Å². The van der Waals surface area contributed by atoms with Gasteiger partial charge in [0.05, 0.1) is 25.4 Å². The molecule has 158 valence electrons. The Hall–Kier alpha value is -0.690. The first-order valence-electron chi connectivity index (χ1n) is 10.9. The topological polar surface area (TPSA) is 99.5 Å². The van der Waals surface area contributed by atoms with E-state index in [-0.39, 0.29) is 48.1 Å². The maximum Gasteiger partial charge on any atom is 0.302 e. The molecule has 5 aliphatic rings. The van der Waals surface area contributed by atoms with E-state index in [4.69, 9.17) is 9.47 Å². The van der Waals surface area contributed by atoms with Crippen molar-refractivity contribution >= 4 is 5.97 Å². The summed E-state index contributed by atoms with van der Waals surface area (Å²) in [4.78, 5) is 11.7. The van der Waals surface area contributed by atoms with Crippen LogP contribution in [0.2, 0.25) is 0 Å². The molecule has 6 nitrogen and oxygen atoms in total. The minimum Gasteiger partial charge on any atom is -0.462 e. The monoisotopic (exact) mass is 394 g/mol. The Morgan fingerprint density at radius 2 is 1.89 bits per heavy atom. The first-order chi connectivity index (χ1) is 13.2. The van der Waals surface area contributed by atoms with Crippen molar-refractivity contribution in [3.63, 3.8) is 0 Å². The lowest BCUT2D eigenvalue weighted by Crippen LogP contribution is -2.66. The highest BCUT2D eigenvalue weighted by Gasteiger charge is 2.83. The Bertz CT molecular complexity index is 697. The van der Waals surface area contributed by atoms with Gasteiger partial charge in [-0.1, -0.05) is 13.8 Å². The summed E-state index contributed by atoms with van der Waals surface area (Å²) in [6.45, 7) is 5.77. The molecule has 0 aromatic carbocycles. The highest BCUT2D eigenvalue weighted by molar-refractivity contribution is 5.66. The Morgan fingerprint density at radius 3 is 2.54 bits per heavy atom. The molecule has 1 aliphatic heterocycles. The van der Waals surface area contributed by atoms with Gasteiger partial charge in [0, 0.05) is 17.8 Å². The number of hydrogen-bond donors (Lipinski definition) is 3. The molecule has 6 heteroatoms. The van der Waals surface area contributed by atoms with Crippen LogP contribution in [0, 0.1) is 34.0 Å². The standard InChI is InChI=1S/C22H34O6/c1-12(25)27-17-6-7-19(2)14-5-4-13-9-21(14,18-22(13,11-24)28-18)16(26)8-15(19)20(17,3)10-23/h13-18,23-24,26H,4-11H2,1-3H3/t13-,14-,15-,16+,17-,18-,19+,20-,21-,22+/m1/s1. The Morgan fingerprint density at radius 1 is 1.14 bits per heavy atom. The molecule has 5 fully saturated rings. The largest absolute Gasteiger partial charge is 0.462 e. The third kappa shape index (κ3) is 2.01. The molecule has 1 heterocycles. The quantitative estimate of drug-likeness (QED) is 0.497. The molecule has 28 heavy (non-hydrogen) atoms. The van der Waals surface area contributed by atoms with Crippen LogP contribution < -0.4 is 0 Å². The summed E-state index contributed by atoms with van der Waals surface area (Å²) in [6.07, 6.45) is 4.40. The van der Waals surface area contributed by atoms with E-state index in [1.165, 1.54) is 6.92 Å². The van der Waals surface area contributed by atoms with Crippen LogP contribution in [0.1, 0.15) is 59.3 Å². The van der Waals surface area contributed by atoms with E-state index >= 15 is 0 Å². The van der Waals surface area contributed by atoms with Gasteiger partial charge in [-0.25, -0.2) is 0 Å². The zero-order valence-corrected chi connectivity index (χ0v) is 17.2. The summed E-state index contributed by atoms with van der Waals surface area (Å²) in [5.41, 5.74) is -1.30. The molecular formula is C22H34O6. The number of rotatable bonds is 3. The second-order valence-corrected chi connectivity index (χ2v) is 10.9. The van der Waals surface area contributed by atoms with Crippen LogP contribution >= 0.6 is 0 Å². The Balaban J connectivity index is 1.54. The second-order valence-electron chi connectivity index (χ2n) is 10.9. The summed E-state index contributed by atoms with van der Waals surface area (Å²) >= 11 is 0. The molecule has 0 amide bonds. The number of aliphatic hydroxyl groups is 3. The van der Waals surface area contributed by atoms with Crippen LogP contribution in [0.15, 0.2) is 0 Å². The van der Waals surface area contributed by atoms with Gasteiger partial charge in [-0.15, -0.1) is 0 Å². The van der Waals surface area contributed by atoms with Gasteiger partial charge in [0.15, 0.2) is 0 Å². The van der Waals surface area contributed by atoms with Gasteiger partial charge in [-0.2, -0.15) is 0 Å². The maximum absolute atomic E-state index is 11.7. The molecular weight excluding hydrogens is 360 g/mol. The number of aliphatic hydroxyl groups excluding tert-OH is 3. The third-order valence-corrected chi connectivity index (χ3v) is 10.00. The number of ether oxygens (including phenoxy) is 2. The van der Waals surface area contributed by atoms with Crippen molar-refractivity contribution in [2.24, 2.45) is 34.0 Å². The average molecular weight is 395 g/mol. The van der Waals surface area contributed by atoms with Crippen molar-refractivity contribution in [1.82, 2.24) is 0 Å². The average Bonchev–Trinajstić information content (AvgIpc) is 3.38. The van der Waals surface area contributed by atoms with Crippen LogP contribution in [0.4, 0.5) is 0 Å². The highest BCUT2D eigenvalue weighted by atomic mass is 16.6. The lowest BCUT2D eigenvalue weighted by atomic mass is 9.39. The normalized spacial score (nSPS) is 59.1. The summed E-state index contributed by atoms with van der Waals surface area (Å²) in [5.74, 6) is 0.412. The molecule has 5 rings (SSSR count). The first kappa shape index (κ1) is 19.3. The van der Waals surface area contributed by atoms with Crippen molar-refractivity contribution in [2.45, 2.75) is 83.2 Å². The fourth-order valence-corrected chi connectivity index (χ4v) is 8.74. The number of fused-ring (bicyclic) bond motifs is 5. The molecule has 1 saturated heterocycles. The predicted molar refractivity (Wildman–Crippen MR) is 100 cm³/mol. The van der Waals surface area contributed by atoms with Crippen molar-refractivity contribution in [2.75, 3.05) is 13.2 Å². The minimum atomic E-state index is -0.560. The molecule has 4 aliphatic carbocycles. The van der Waals surface area contributed by atoms with Gasteiger partial charge in [-0.3, -0.25) is 4.79 Å². The van der Waals surface area contributed by atoms with Crippen molar-refractivity contribution in [3.05, 3.63) is 0 Å². The summed E-state index contributed by atoms with van der Waals surface area (Å²) < 4.78 is 11.8. The van der Waals surface area contributed by atoms with Crippen LogP contribution in [0.25, 0.3) is 0 Å². The van der Waals surface area contributed by atoms with Gasteiger partial charge in [-0.05, 0) is 61.7 Å². The molecule has 0 radical (unpaired) electrons. The van der Waals surface area contributed by atoms with Crippen LogP contribution in [0.5, 0.6) is 0 Å². The number of carbonyl (C=O) groups excluding carboxylic acids is 1. The molecule has 3 N–H and O–H groups in total. The van der Waals surface area contributed by atoms with Gasteiger partial charge in [0.1, 0.15) is 11.7 Å². The fourth-order valence-electron chi connectivity index (χ4n) is 8.74. The van der Waals surface area contributed by atoms with Crippen LogP contribution in [-0.2, 0) is 14.3 Å². The lowest BCUT2D eigenvalue weighted by Gasteiger charge is -2.66. The molecule has 0 aromatic rings. The van der Waals surface area contributed by atoms with Gasteiger partial charge >= 0.3 is 5.97 Å². The van der Waals surface area contributed by atoms with E-state index in [1.807, 2.05) is 6.92 Å². The fraction of sp³-hybridized carbons (Fsp3) is 0.955. The van der Waals surface area contributed by atoms with E-state index < -0.39 is 17.1 Å². The van der Waals surface area contributed by atoms with Gasteiger partial charge < -0.3 is 24.8 Å². The molecule has 10 atom stereocenters.